The van der Waals surface area contributed by atoms with E-state index in [0.29, 0.717) is 17.9 Å². The predicted molar refractivity (Wildman–Crippen MR) is 55.0 cm³/mol. The first-order valence-corrected chi connectivity index (χ1v) is 5.10. The van der Waals surface area contributed by atoms with E-state index in [-0.39, 0.29) is 5.88 Å². The standard InChI is InChI=1S/C10H8ClF2N3/c11-4-10-15-14-6-16(10)5-7-1-2-8(12)9(13)3-7/h1-3,6H,4-5H2. The molecule has 0 atom stereocenters. The molecular weight excluding hydrogens is 236 g/mol. The highest BCUT2D eigenvalue weighted by Crippen LogP contribution is 2.11. The minimum absolute atomic E-state index is 0.226. The van der Waals surface area contributed by atoms with E-state index in [1.807, 2.05) is 0 Å². The monoisotopic (exact) mass is 243 g/mol. The van der Waals surface area contributed by atoms with Crippen molar-refractivity contribution in [2.24, 2.45) is 0 Å². The molecule has 84 valence electrons. The minimum Gasteiger partial charge on any atom is -0.312 e. The summed E-state index contributed by atoms with van der Waals surface area (Å²) in [6, 6.07) is 3.75. The van der Waals surface area contributed by atoms with Gasteiger partial charge in [0.2, 0.25) is 0 Å². The number of hydrogen-bond acceptors (Lipinski definition) is 2. The highest BCUT2D eigenvalue weighted by Gasteiger charge is 2.06. The summed E-state index contributed by atoms with van der Waals surface area (Å²) in [4.78, 5) is 0. The average Bonchev–Trinajstić information content (AvgIpc) is 2.71. The van der Waals surface area contributed by atoms with Crippen molar-refractivity contribution in [3.8, 4) is 0 Å². The second kappa shape index (κ2) is 4.57. The Kier molecular flexibility index (Phi) is 3.14. The summed E-state index contributed by atoms with van der Waals surface area (Å²) in [5.74, 6) is -0.904. The van der Waals surface area contributed by atoms with Gasteiger partial charge in [-0.15, -0.1) is 21.8 Å². The summed E-state index contributed by atoms with van der Waals surface area (Å²) >= 11 is 5.64. The van der Waals surface area contributed by atoms with Crippen LogP contribution in [0.25, 0.3) is 0 Å². The Bertz CT molecular complexity index is 499. The van der Waals surface area contributed by atoms with Gasteiger partial charge in [0.05, 0.1) is 12.4 Å². The van der Waals surface area contributed by atoms with Gasteiger partial charge in [0.15, 0.2) is 11.6 Å². The smallest absolute Gasteiger partial charge is 0.159 e. The van der Waals surface area contributed by atoms with E-state index in [9.17, 15) is 8.78 Å². The first-order valence-electron chi connectivity index (χ1n) is 4.57. The van der Waals surface area contributed by atoms with Crippen LogP contribution in [-0.2, 0) is 12.4 Å². The van der Waals surface area contributed by atoms with E-state index < -0.39 is 11.6 Å². The lowest BCUT2D eigenvalue weighted by Crippen LogP contribution is -2.03. The summed E-state index contributed by atoms with van der Waals surface area (Å²) in [5.41, 5.74) is 0.630. The summed E-state index contributed by atoms with van der Waals surface area (Å²) in [7, 11) is 0. The molecule has 0 bridgehead atoms. The van der Waals surface area contributed by atoms with Crippen molar-refractivity contribution >= 4 is 11.6 Å². The van der Waals surface area contributed by atoms with Crippen molar-refractivity contribution < 1.29 is 8.78 Å². The van der Waals surface area contributed by atoms with Crippen LogP contribution in [0.3, 0.4) is 0 Å². The number of nitrogens with zero attached hydrogens (tertiary/aromatic N) is 3. The quantitative estimate of drug-likeness (QED) is 0.775. The molecule has 0 aliphatic carbocycles. The van der Waals surface area contributed by atoms with Gasteiger partial charge in [-0.05, 0) is 17.7 Å². The van der Waals surface area contributed by atoms with Gasteiger partial charge in [-0.2, -0.15) is 0 Å². The lowest BCUT2D eigenvalue weighted by molar-refractivity contribution is 0.506. The third-order valence-electron chi connectivity index (χ3n) is 2.15. The number of aromatic nitrogens is 3. The van der Waals surface area contributed by atoms with E-state index in [0.717, 1.165) is 12.1 Å². The zero-order valence-corrected chi connectivity index (χ0v) is 8.96. The molecule has 0 saturated heterocycles. The Balaban J connectivity index is 2.24. The molecule has 0 aliphatic heterocycles. The molecule has 0 saturated carbocycles. The van der Waals surface area contributed by atoms with Gasteiger partial charge in [0.1, 0.15) is 12.2 Å². The Hall–Kier alpha value is -1.49. The zero-order valence-electron chi connectivity index (χ0n) is 8.20. The highest BCUT2D eigenvalue weighted by atomic mass is 35.5. The highest BCUT2D eigenvalue weighted by molar-refractivity contribution is 6.16. The molecule has 1 aromatic heterocycles. The number of rotatable bonds is 3. The van der Waals surface area contributed by atoms with Crippen molar-refractivity contribution in [2.75, 3.05) is 0 Å². The van der Waals surface area contributed by atoms with Gasteiger partial charge in [0.25, 0.3) is 0 Å². The Morgan fingerprint density at radius 3 is 2.75 bits per heavy atom. The van der Waals surface area contributed by atoms with E-state index >= 15 is 0 Å². The summed E-state index contributed by atoms with van der Waals surface area (Å²) in [5, 5.41) is 7.47. The van der Waals surface area contributed by atoms with Crippen LogP contribution in [0.1, 0.15) is 11.4 Å². The van der Waals surface area contributed by atoms with Gasteiger partial charge in [-0.3, -0.25) is 0 Å². The lowest BCUT2D eigenvalue weighted by Gasteiger charge is -2.05. The fourth-order valence-electron chi connectivity index (χ4n) is 1.35. The summed E-state index contributed by atoms with van der Waals surface area (Å²) in [6.07, 6.45) is 1.50. The van der Waals surface area contributed by atoms with Gasteiger partial charge < -0.3 is 4.57 Å². The Morgan fingerprint density at radius 1 is 1.25 bits per heavy atom. The van der Waals surface area contributed by atoms with E-state index in [1.165, 1.54) is 12.4 Å². The summed E-state index contributed by atoms with van der Waals surface area (Å²) in [6.45, 7) is 0.367. The fourth-order valence-corrected chi connectivity index (χ4v) is 1.56. The average molecular weight is 244 g/mol. The van der Waals surface area contributed by atoms with Crippen LogP contribution in [0, 0.1) is 11.6 Å². The normalized spacial score (nSPS) is 10.7. The molecule has 6 heteroatoms. The van der Waals surface area contributed by atoms with E-state index in [2.05, 4.69) is 10.2 Å². The largest absolute Gasteiger partial charge is 0.312 e. The second-order valence-electron chi connectivity index (χ2n) is 3.26. The fraction of sp³-hybridized carbons (Fsp3) is 0.200. The Labute approximate surface area is 95.7 Å². The molecule has 0 fully saturated rings. The molecule has 1 aromatic carbocycles. The van der Waals surface area contributed by atoms with Crippen molar-refractivity contribution in [1.29, 1.82) is 0 Å². The van der Waals surface area contributed by atoms with Crippen LogP contribution in [-0.4, -0.2) is 14.8 Å². The van der Waals surface area contributed by atoms with Gasteiger partial charge in [-0.25, -0.2) is 8.78 Å². The number of halogens is 3. The van der Waals surface area contributed by atoms with E-state index in [1.54, 1.807) is 4.57 Å². The minimum atomic E-state index is -0.863. The molecule has 1 heterocycles. The molecule has 0 spiro atoms. The maximum Gasteiger partial charge on any atom is 0.159 e. The van der Waals surface area contributed by atoms with Gasteiger partial charge in [0, 0.05) is 0 Å². The lowest BCUT2D eigenvalue weighted by atomic mass is 10.2. The molecule has 16 heavy (non-hydrogen) atoms. The molecule has 2 aromatic rings. The topological polar surface area (TPSA) is 30.7 Å². The zero-order chi connectivity index (χ0) is 11.5. The third-order valence-corrected chi connectivity index (χ3v) is 2.39. The molecule has 0 radical (unpaired) electrons. The number of benzene rings is 1. The van der Waals surface area contributed by atoms with Crippen LogP contribution in [0.15, 0.2) is 24.5 Å². The maximum atomic E-state index is 12.9. The molecule has 0 amide bonds. The van der Waals surface area contributed by atoms with Crippen LogP contribution in [0.2, 0.25) is 0 Å². The second-order valence-corrected chi connectivity index (χ2v) is 3.52. The van der Waals surface area contributed by atoms with E-state index in [4.69, 9.17) is 11.6 Å². The molecule has 0 N–H and O–H groups in total. The van der Waals surface area contributed by atoms with Crippen molar-refractivity contribution in [1.82, 2.24) is 14.8 Å². The van der Waals surface area contributed by atoms with Crippen molar-refractivity contribution in [3.63, 3.8) is 0 Å². The molecular formula is C10H8ClF2N3. The molecule has 2 rings (SSSR count). The van der Waals surface area contributed by atoms with Gasteiger partial charge >= 0.3 is 0 Å². The Morgan fingerprint density at radius 2 is 2.06 bits per heavy atom. The van der Waals surface area contributed by atoms with Gasteiger partial charge in [-0.1, -0.05) is 6.07 Å². The first-order chi connectivity index (χ1) is 7.70. The SMILES string of the molecule is Fc1ccc(Cn2cnnc2CCl)cc1F. The van der Waals surface area contributed by atoms with Crippen LogP contribution in [0.5, 0.6) is 0 Å². The number of hydrogen-bond donors (Lipinski definition) is 0. The van der Waals surface area contributed by atoms with Crippen LogP contribution >= 0.6 is 11.6 Å². The van der Waals surface area contributed by atoms with Crippen LogP contribution < -0.4 is 0 Å². The molecule has 0 aliphatic rings. The maximum absolute atomic E-state index is 12.9. The third kappa shape index (κ3) is 2.19. The molecule has 0 unspecified atom stereocenters. The van der Waals surface area contributed by atoms with Crippen LogP contribution in [0.4, 0.5) is 8.78 Å². The molecule has 3 nitrogen and oxygen atoms in total. The summed E-state index contributed by atoms with van der Waals surface area (Å²) < 4.78 is 27.3. The van der Waals surface area contributed by atoms with Crippen molar-refractivity contribution in [2.45, 2.75) is 12.4 Å². The predicted octanol–water partition coefficient (Wildman–Crippen LogP) is 2.34. The van der Waals surface area contributed by atoms with Crippen molar-refractivity contribution in [3.05, 3.63) is 47.5 Å². The first kappa shape index (κ1) is 11.0. The number of alkyl halides is 1.